The highest BCUT2D eigenvalue weighted by Gasteiger charge is 2.42. The Morgan fingerprint density at radius 2 is 0.736 bits per heavy atom. The maximum Gasteiger partial charge on any atom is 0.247 e. The van der Waals surface area contributed by atoms with Crippen molar-refractivity contribution in [3.8, 4) is 33.6 Å². The molecule has 13 rings (SSSR count). The summed E-state index contributed by atoms with van der Waals surface area (Å²) in [7, 11) is 0. The first-order valence-corrected chi connectivity index (χ1v) is 26.6. The summed E-state index contributed by atoms with van der Waals surface area (Å²) < 4.78 is 5.37. The molecule has 11 aromatic rings. The molecule has 2 aliphatic heterocycles. The molecule has 4 heterocycles. The van der Waals surface area contributed by atoms with Crippen LogP contribution in [0.4, 0.5) is 0 Å². The highest BCUT2D eigenvalue weighted by atomic mass is 15.0. The van der Waals surface area contributed by atoms with Gasteiger partial charge in [0.1, 0.15) is 0 Å². The summed E-state index contributed by atoms with van der Waals surface area (Å²) in [6, 6.07) is 66.1. The minimum Gasteiger partial charge on any atom is -0.310 e. The molecule has 0 saturated carbocycles. The predicted octanol–water partition coefficient (Wildman–Crippen LogP) is 14.0. The molecule has 0 bridgehead atoms. The first-order chi connectivity index (χ1) is 34.9. The highest BCUT2D eigenvalue weighted by molar-refractivity contribution is 7.00. The van der Waals surface area contributed by atoms with Crippen molar-refractivity contribution in [3.05, 3.63) is 203 Å². The van der Waals surface area contributed by atoms with Crippen LogP contribution in [0, 0.1) is 13.8 Å². The number of aromatic nitrogens is 2. The molecule has 2 aliphatic rings. The van der Waals surface area contributed by atoms with Gasteiger partial charge in [-0.2, -0.15) is 0 Å². The fraction of sp³-hybridized carbons (Fsp3) is 0.206. The number of fused-ring (bicyclic) bond motifs is 10. The van der Waals surface area contributed by atoms with E-state index in [2.05, 4.69) is 248 Å². The van der Waals surface area contributed by atoms with E-state index in [1.54, 1.807) is 0 Å². The molecule has 0 saturated heterocycles. The topological polar surface area (TPSA) is 9.86 Å². The molecular formula is C68H62B2N2. The van der Waals surface area contributed by atoms with Gasteiger partial charge in [0.25, 0.3) is 0 Å². The van der Waals surface area contributed by atoms with E-state index in [0.29, 0.717) is 23.7 Å². The van der Waals surface area contributed by atoms with Crippen molar-refractivity contribution in [2.24, 2.45) is 0 Å². The van der Waals surface area contributed by atoms with Crippen LogP contribution < -0.4 is 32.8 Å². The summed E-state index contributed by atoms with van der Waals surface area (Å²) in [6.45, 7) is 23.7. The van der Waals surface area contributed by atoms with Crippen molar-refractivity contribution >= 4 is 89.8 Å². The van der Waals surface area contributed by atoms with Gasteiger partial charge in [-0.1, -0.05) is 199 Å². The van der Waals surface area contributed by atoms with Crippen LogP contribution in [0.25, 0.3) is 77.2 Å². The van der Waals surface area contributed by atoms with Crippen molar-refractivity contribution in [1.82, 2.24) is 9.13 Å². The second-order valence-electron chi connectivity index (χ2n) is 22.5. The largest absolute Gasteiger partial charge is 0.310 e. The third-order valence-corrected chi connectivity index (χ3v) is 16.6. The molecule has 4 heteroatoms. The second kappa shape index (κ2) is 16.6. The van der Waals surface area contributed by atoms with Gasteiger partial charge in [0.15, 0.2) is 0 Å². The average Bonchev–Trinajstić information content (AvgIpc) is 3.89. The fourth-order valence-corrected chi connectivity index (χ4v) is 13.5. The molecule has 0 fully saturated rings. The smallest absolute Gasteiger partial charge is 0.247 e. The van der Waals surface area contributed by atoms with Crippen LogP contribution in [0.15, 0.2) is 170 Å². The van der Waals surface area contributed by atoms with E-state index in [0.717, 1.165) is 0 Å². The fourth-order valence-electron chi connectivity index (χ4n) is 13.5. The predicted molar refractivity (Wildman–Crippen MR) is 314 cm³/mol. The third kappa shape index (κ3) is 6.57. The van der Waals surface area contributed by atoms with Crippen molar-refractivity contribution in [1.29, 1.82) is 0 Å². The lowest BCUT2D eigenvalue weighted by atomic mass is 9.31. The Balaban J connectivity index is 1.24. The monoisotopic (exact) mass is 929 g/mol. The van der Waals surface area contributed by atoms with Gasteiger partial charge in [-0.3, -0.25) is 0 Å². The SMILES string of the molecule is Cc1ccc2c(c1)c1cc(-c3ccccc3)cc3c1n2-c1cc2c(cc1B3c1c(C(C)C)cccc1C(C)C)-n1c3ccc(-c4ccccc4)cc3c3cc(C)cc(c31)B2c1c(C(C)C)cccc1C(C)C. The Bertz CT molecular complexity index is 3960. The summed E-state index contributed by atoms with van der Waals surface area (Å²) in [5.74, 6) is 1.34. The zero-order valence-corrected chi connectivity index (χ0v) is 43.5. The number of nitrogens with zero attached hydrogens (tertiary/aromatic N) is 2. The lowest BCUT2D eigenvalue weighted by molar-refractivity contribution is 0.845. The van der Waals surface area contributed by atoms with Crippen molar-refractivity contribution in [3.63, 3.8) is 0 Å². The molecule has 0 radical (unpaired) electrons. The standard InChI is InChI=1S/C68H62B2N2/c1-39(2)49-23-17-24-50(40(3)4)65(49)69-57-37-64-58(38-63(57)72-62-30-28-47(45-19-13-11-14-20-45)34-54(62)55-32-44(10)33-59(69)67(55)72)70(66-51(41(5)6)25-18-26-52(66)42(7)8)60-36-48(46-21-15-12-16-22-46)35-56-53-31-43(9)27-29-61(53)71(64)68(56)60/h11-42H,1-10H3. The zero-order valence-electron chi connectivity index (χ0n) is 43.5. The van der Waals surface area contributed by atoms with E-state index in [1.807, 2.05) is 0 Å². The Hall–Kier alpha value is -7.29. The van der Waals surface area contributed by atoms with Crippen LogP contribution in [0.2, 0.25) is 0 Å². The first kappa shape index (κ1) is 44.6. The minimum absolute atomic E-state index is 0.00291. The van der Waals surface area contributed by atoms with Gasteiger partial charge in [0.05, 0.1) is 11.0 Å². The normalized spacial score (nSPS) is 13.0. The Morgan fingerprint density at radius 3 is 1.24 bits per heavy atom. The van der Waals surface area contributed by atoms with Crippen molar-refractivity contribution in [2.45, 2.75) is 92.9 Å². The Morgan fingerprint density at radius 1 is 0.319 bits per heavy atom. The van der Waals surface area contributed by atoms with E-state index in [1.165, 1.54) is 143 Å². The zero-order chi connectivity index (χ0) is 49.4. The van der Waals surface area contributed by atoms with Crippen molar-refractivity contribution in [2.75, 3.05) is 0 Å². The molecule has 9 aromatic carbocycles. The third-order valence-electron chi connectivity index (χ3n) is 16.6. The van der Waals surface area contributed by atoms with Crippen LogP contribution in [0.1, 0.15) is 112 Å². The molecular weight excluding hydrogens is 866 g/mol. The summed E-state index contributed by atoms with van der Waals surface area (Å²) in [6.07, 6.45) is 0. The number of hydrogen-bond donors (Lipinski definition) is 0. The molecule has 2 nitrogen and oxygen atoms in total. The minimum atomic E-state index is -0.0283. The van der Waals surface area contributed by atoms with Gasteiger partial charge in [-0.05, 0) is 152 Å². The molecule has 0 amide bonds. The van der Waals surface area contributed by atoms with Gasteiger partial charge in [-0.25, -0.2) is 0 Å². The average molecular weight is 929 g/mol. The number of hydrogen-bond acceptors (Lipinski definition) is 0. The van der Waals surface area contributed by atoms with Crippen LogP contribution in [-0.2, 0) is 0 Å². The first-order valence-electron chi connectivity index (χ1n) is 26.6. The summed E-state index contributed by atoms with van der Waals surface area (Å²) in [5, 5.41) is 5.27. The second-order valence-corrected chi connectivity index (χ2v) is 22.5. The molecule has 0 atom stereocenters. The van der Waals surface area contributed by atoms with E-state index < -0.39 is 0 Å². The van der Waals surface area contributed by atoms with Gasteiger partial charge in [0.2, 0.25) is 13.4 Å². The molecule has 0 spiro atoms. The summed E-state index contributed by atoms with van der Waals surface area (Å²) >= 11 is 0. The van der Waals surface area contributed by atoms with Gasteiger partial charge >= 0.3 is 0 Å². The van der Waals surface area contributed by atoms with Crippen molar-refractivity contribution < 1.29 is 0 Å². The van der Waals surface area contributed by atoms with Gasteiger partial charge in [0, 0.05) is 44.0 Å². The lowest BCUT2D eigenvalue weighted by Crippen LogP contribution is -2.61. The quantitative estimate of drug-likeness (QED) is 0.134. The molecule has 0 N–H and O–H groups in total. The van der Waals surface area contributed by atoms with E-state index in [-0.39, 0.29) is 13.4 Å². The van der Waals surface area contributed by atoms with Gasteiger partial charge < -0.3 is 9.13 Å². The van der Waals surface area contributed by atoms with E-state index in [4.69, 9.17) is 0 Å². The summed E-state index contributed by atoms with van der Waals surface area (Å²) in [5.41, 5.74) is 29.5. The van der Waals surface area contributed by atoms with Gasteiger partial charge in [-0.15, -0.1) is 0 Å². The lowest BCUT2D eigenvalue weighted by Gasteiger charge is -2.36. The Labute approximate surface area is 426 Å². The summed E-state index contributed by atoms with van der Waals surface area (Å²) in [4.78, 5) is 0. The van der Waals surface area contributed by atoms with Crippen LogP contribution in [0.3, 0.4) is 0 Å². The number of rotatable bonds is 8. The van der Waals surface area contributed by atoms with Crippen LogP contribution in [0.5, 0.6) is 0 Å². The molecule has 72 heavy (non-hydrogen) atoms. The maximum absolute atomic E-state index is 2.69. The molecule has 350 valence electrons. The van der Waals surface area contributed by atoms with Crippen LogP contribution in [-0.4, -0.2) is 22.6 Å². The molecule has 0 unspecified atom stereocenters. The Kier molecular flexibility index (Phi) is 10.3. The number of aryl methyl sites for hydroxylation is 2. The highest BCUT2D eigenvalue weighted by Crippen LogP contribution is 2.41. The number of benzene rings is 9. The van der Waals surface area contributed by atoms with E-state index >= 15 is 0 Å². The molecule has 0 aliphatic carbocycles. The maximum atomic E-state index is 2.69. The van der Waals surface area contributed by atoms with E-state index in [9.17, 15) is 0 Å². The van der Waals surface area contributed by atoms with Crippen LogP contribution >= 0.6 is 0 Å². The molecule has 2 aromatic heterocycles.